The number of amides is 2. The molecule has 0 unspecified atom stereocenters. The Morgan fingerprint density at radius 2 is 1.39 bits per heavy atom. The quantitative estimate of drug-likeness (QED) is 0.555. The van der Waals surface area contributed by atoms with Crippen molar-refractivity contribution in [3.05, 3.63) is 85.1 Å². The van der Waals surface area contributed by atoms with Gasteiger partial charge >= 0.3 is 0 Å². The summed E-state index contributed by atoms with van der Waals surface area (Å²) in [6, 6.07) is 13.2. The predicted molar refractivity (Wildman–Crippen MR) is 100 cm³/mol. The van der Waals surface area contributed by atoms with E-state index in [4.69, 9.17) is 4.42 Å². The van der Waals surface area contributed by atoms with E-state index < -0.39 is 11.8 Å². The molecule has 0 atom stereocenters. The summed E-state index contributed by atoms with van der Waals surface area (Å²) in [6.07, 6.45) is 6.14. The van der Waals surface area contributed by atoms with E-state index in [1.165, 1.54) is 18.5 Å². The molecule has 2 amide bonds. The molecule has 0 aliphatic heterocycles. The van der Waals surface area contributed by atoms with Gasteiger partial charge in [-0.25, -0.2) is 9.67 Å². The smallest absolute Gasteiger partial charge is 0.291 e. The van der Waals surface area contributed by atoms with Crippen molar-refractivity contribution in [1.29, 1.82) is 0 Å². The number of carbonyl (C=O) groups excluding carboxylic acids is 2. The normalized spacial score (nSPS) is 10.4. The van der Waals surface area contributed by atoms with Crippen molar-refractivity contribution in [1.82, 2.24) is 19.7 Å². The molecule has 2 N–H and O–H groups in total. The van der Waals surface area contributed by atoms with Gasteiger partial charge in [0.2, 0.25) is 0 Å². The lowest BCUT2D eigenvalue weighted by molar-refractivity contribution is 0.0974. The first-order chi connectivity index (χ1) is 13.7. The minimum atomic E-state index is -0.462. The monoisotopic (exact) mass is 374 g/mol. The van der Waals surface area contributed by atoms with Gasteiger partial charge < -0.3 is 15.1 Å². The summed E-state index contributed by atoms with van der Waals surface area (Å²) in [5.41, 5.74) is 1.96. The fraction of sp³-hybridized carbons (Fsp3) is 0. The Bertz CT molecular complexity index is 1090. The van der Waals surface area contributed by atoms with Crippen LogP contribution in [0.15, 0.2) is 78.0 Å². The standard InChI is InChI=1S/C19H14N6O3/c26-18(23-13-1-3-15(4-2-13)25-12-21-11-22-25)16-5-6-17(28-16)19(27)24-14-7-9-20-10-8-14/h1-12H,(H,23,26)(H,20,24,27). The Morgan fingerprint density at radius 1 is 0.786 bits per heavy atom. The van der Waals surface area contributed by atoms with Crippen LogP contribution in [0, 0.1) is 0 Å². The first-order valence-electron chi connectivity index (χ1n) is 8.27. The van der Waals surface area contributed by atoms with E-state index in [-0.39, 0.29) is 11.5 Å². The second kappa shape index (κ2) is 7.54. The molecule has 4 rings (SSSR count). The third-order valence-electron chi connectivity index (χ3n) is 3.80. The number of hydrogen-bond acceptors (Lipinski definition) is 6. The zero-order valence-corrected chi connectivity index (χ0v) is 14.4. The fourth-order valence-electron chi connectivity index (χ4n) is 2.44. The molecule has 0 bridgehead atoms. The molecule has 0 radical (unpaired) electrons. The number of nitrogens with zero attached hydrogens (tertiary/aromatic N) is 4. The molecule has 0 aliphatic carbocycles. The molecular weight excluding hydrogens is 360 g/mol. The highest BCUT2D eigenvalue weighted by molar-refractivity contribution is 6.05. The highest BCUT2D eigenvalue weighted by Crippen LogP contribution is 2.16. The van der Waals surface area contributed by atoms with E-state index in [2.05, 4.69) is 25.7 Å². The molecule has 3 aromatic heterocycles. The number of carbonyl (C=O) groups is 2. The van der Waals surface area contributed by atoms with Gasteiger partial charge in [-0.15, -0.1) is 0 Å². The molecule has 138 valence electrons. The number of benzene rings is 1. The van der Waals surface area contributed by atoms with Gasteiger partial charge in [-0.05, 0) is 48.5 Å². The molecule has 0 saturated heterocycles. The van der Waals surface area contributed by atoms with E-state index in [0.29, 0.717) is 11.4 Å². The Balaban J connectivity index is 1.41. The van der Waals surface area contributed by atoms with Crippen LogP contribution in [-0.2, 0) is 0 Å². The van der Waals surface area contributed by atoms with Crippen LogP contribution in [0.3, 0.4) is 0 Å². The van der Waals surface area contributed by atoms with Crippen LogP contribution in [0.2, 0.25) is 0 Å². The van der Waals surface area contributed by atoms with Gasteiger partial charge in [0.15, 0.2) is 11.5 Å². The van der Waals surface area contributed by atoms with Crippen LogP contribution in [0.4, 0.5) is 11.4 Å². The lowest BCUT2D eigenvalue weighted by Crippen LogP contribution is -2.12. The van der Waals surface area contributed by atoms with E-state index in [1.807, 2.05) is 0 Å². The van der Waals surface area contributed by atoms with Crippen LogP contribution in [0.5, 0.6) is 0 Å². The summed E-state index contributed by atoms with van der Waals surface area (Å²) in [6.45, 7) is 0. The number of nitrogens with one attached hydrogen (secondary N) is 2. The van der Waals surface area contributed by atoms with Crippen molar-refractivity contribution < 1.29 is 14.0 Å². The maximum absolute atomic E-state index is 12.3. The summed E-state index contributed by atoms with van der Waals surface area (Å²) in [5.74, 6) is -0.859. The van der Waals surface area contributed by atoms with Gasteiger partial charge in [-0.3, -0.25) is 14.6 Å². The Hall–Kier alpha value is -4.27. The zero-order valence-electron chi connectivity index (χ0n) is 14.4. The first kappa shape index (κ1) is 17.2. The molecule has 0 fully saturated rings. The second-order valence-corrected chi connectivity index (χ2v) is 5.69. The number of furan rings is 1. The van der Waals surface area contributed by atoms with Crippen molar-refractivity contribution in [2.45, 2.75) is 0 Å². The largest absolute Gasteiger partial charge is 0.446 e. The topological polar surface area (TPSA) is 115 Å². The molecule has 9 nitrogen and oxygen atoms in total. The lowest BCUT2D eigenvalue weighted by Gasteiger charge is -2.05. The van der Waals surface area contributed by atoms with E-state index in [9.17, 15) is 9.59 Å². The molecule has 0 saturated carbocycles. The molecule has 4 aromatic rings. The van der Waals surface area contributed by atoms with E-state index >= 15 is 0 Å². The van der Waals surface area contributed by atoms with Crippen molar-refractivity contribution in [3.8, 4) is 5.69 Å². The molecule has 3 heterocycles. The van der Waals surface area contributed by atoms with Crippen LogP contribution in [-0.4, -0.2) is 31.6 Å². The SMILES string of the molecule is O=C(Nc1ccncc1)c1ccc(C(=O)Nc2ccc(-n3cncn3)cc2)o1. The van der Waals surface area contributed by atoms with Crippen LogP contribution in [0.1, 0.15) is 21.1 Å². The Labute approximate surface area is 159 Å². The van der Waals surface area contributed by atoms with Crippen molar-refractivity contribution >= 4 is 23.2 Å². The van der Waals surface area contributed by atoms with Crippen molar-refractivity contribution in [3.63, 3.8) is 0 Å². The maximum atomic E-state index is 12.3. The van der Waals surface area contributed by atoms with Gasteiger partial charge in [0.25, 0.3) is 11.8 Å². The van der Waals surface area contributed by atoms with Gasteiger partial charge in [0.1, 0.15) is 12.7 Å². The highest BCUT2D eigenvalue weighted by atomic mass is 16.4. The summed E-state index contributed by atoms with van der Waals surface area (Å²) in [4.78, 5) is 32.3. The number of hydrogen-bond donors (Lipinski definition) is 2. The molecule has 1 aromatic carbocycles. The number of aromatic nitrogens is 4. The van der Waals surface area contributed by atoms with Gasteiger partial charge in [0.05, 0.1) is 5.69 Å². The minimum Gasteiger partial charge on any atom is -0.446 e. The zero-order chi connectivity index (χ0) is 19.3. The first-order valence-corrected chi connectivity index (χ1v) is 8.27. The van der Waals surface area contributed by atoms with Gasteiger partial charge in [-0.1, -0.05) is 0 Å². The molecule has 28 heavy (non-hydrogen) atoms. The highest BCUT2D eigenvalue weighted by Gasteiger charge is 2.16. The summed E-state index contributed by atoms with van der Waals surface area (Å²) >= 11 is 0. The van der Waals surface area contributed by atoms with Crippen molar-refractivity contribution in [2.75, 3.05) is 10.6 Å². The third kappa shape index (κ3) is 3.78. The molecule has 9 heteroatoms. The number of anilines is 2. The van der Waals surface area contributed by atoms with Crippen LogP contribution < -0.4 is 10.6 Å². The lowest BCUT2D eigenvalue weighted by atomic mass is 10.2. The van der Waals surface area contributed by atoms with Crippen LogP contribution >= 0.6 is 0 Å². The fourth-order valence-corrected chi connectivity index (χ4v) is 2.44. The Morgan fingerprint density at radius 3 is 1.96 bits per heavy atom. The Kier molecular flexibility index (Phi) is 4.62. The average molecular weight is 374 g/mol. The molecule has 0 aliphatic rings. The van der Waals surface area contributed by atoms with E-state index in [1.54, 1.807) is 59.8 Å². The maximum Gasteiger partial charge on any atom is 0.291 e. The molecular formula is C19H14N6O3. The number of pyridine rings is 1. The minimum absolute atomic E-state index is 0.0280. The van der Waals surface area contributed by atoms with E-state index in [0.717, 1.165) is 5.69 Å². The summed E-state index contributed by atoms with van der Waals surface area (Å²) in [7, 11) is 0. The summed E-state index contributed by atoms with van der Waals surface area (Å²) in [5, 5.41) is 9.41. The average Bonchev–Trinajstić information content (AvgIpc) is 3.42. The third-order valence-corrected chi connectivity index (χ3v) is 3.80. The molecule has 0 spiro atoms. The summed E-state index contributed by atoms with van der Waals surface area (Å²) < 4.78 is 6.98. The predicted octanol–water partition coefficient (Wildman–Crippen LogP) is 2.76. The van der Waals surface area contributed by atoms with Crippen molar-refractivity contribution in [2.24, 2.45) is 0 Å². The van der Waals surface area contributed by atoms with Crippen LogP contribution in [0.25, 0.3) is 5.69 Å². The number of rotatable bonds is 5. The second-order valence-electron chi connectivity index (χ2n) is 5.69. The van der Waals surface area contributed by atoms with Gasteiger partial charge in [-0.2, -0.15) is 5.10 Å². The van der Waals surface area contributed by atoms with Gasteiger partial charge in [0, 0.05) is 23.8 Å².